The summed E-state index contributed by atoms with van der Waals surface area (Å²) in [5.74, 6) is -0.289. The van der Waals surface area contributed by atoms with Crippen LogP contribution in [-0.4, -0.2) is 17.8 Å². The summed E-state index contributed by atoms with van der Waals surface area (Å²) in [6.45, 7) is 2.08. The van der Waals surface area contributed by atoms with Gasteiger partial charge in [0.25, 0.3) is 0 Å². The summed E-state index contributed by atoms with van der Waals surface area (Å²) in [4.78, 5) is 0. The lowest BCUT2D eigenvalue weighted by atomic mass is 10.3. The van der Waals surface area contributed by atoms with Gasteiger partial charge in [-0.15, -0.1) is 0 Å². The molecule has 21 heavy (non-hydrogen) atoms. The molecule has 0 aromatic heterocycles. The van der Waals surface area contributed by atoms with E-state index in [0.717, 1.165) is 18.2 Å². The second-order valence-electron chi connectivity index (χ2n) is 4.55. The van der Waals surface area contributed by atoms with Crippen molar-refractivity contribution in [2.75, 3.05) is 6.61 Å². The monoisotopic (exact) mass is 294 g/mol. The van der Waals surface area contributed by atoms with Crippen molar-refractivity contribution in [2.45, 2.75) is 19.4 Å². The van der Waals surface area contributed by atoms with E-state index in [-0.39, 0.29) is 12.4 Å². The summed E-state index contributed by atoms with van der Waals surface area (Å²) < 4.78 is 36.8. The summed E-state index contributed by atoms with van der Waals surface area (Å²) >= 11 is 0. The van der Waals surface area contributed by atoms with Crippen LogP contribution >= 0.6 is 0 Å². The van der Waals surface area contributed by atoms with E-state index in [9.17, 15) is 13.9 Å². The molecule has 0 bridgehead atoms. The molecule has 0 radical (unpaired) electrons. The first-order valence-electron chi connectivity index (χ1n) is 6.61. The van der Waals surface area contributed by atoms with Crippen molar-refractivity contribution < 1.29 is 23.4 Å². The van der Waals surface area contributed by atoms with E-state index in [4.69, 9.17) is 9.47 Å². The van der Waals surface area contributed by atoms with Crippen molar-refractivity contribution in [1.82, 2.24) is 0 Å². The number of halogens is 2. The minimum atomic E-state index is -0.696. The van der Waals surface area contributed by atoms with E-state index in [1.54, 1.807) is 24.3 Å². The maximum absolute atomic E-state index is 13.0. The van der Waals surface area contributed by atoms with Gasteiger partial charge in [-0.05, 0) is 30.7 Å². The number of aliphatic hydroxyl groups is 1. The Hall–Kier alpha value is -2.14. The summed E-state index contributed by atoms with van der Waals surface area (Å²) in [6, 6.07) is 9.55. The fourth-order valence-corrected chi connectivity index (χ4v) is 1.64. The maximum atomic E-state index is 13.0. The Kier molecular flexibility index (Phi) is 5.11. The molecule has 0 amide bonds. The van der Waals surface area contributed by atoms with Crippen molar-refractivity contribution >= 4 is 0 Å². The molecule has 0 spiro atoms. The van der Waals surface area contributed by atoms with Gasteiger partial charge in [-0.25, -0.2) is 8.78 Å². The predicted octanol–water partition coefficient (Wildman–Crippen LogP) is 3.91. The summed E-state index contributed by atoms with van der Waals surface area (Å²) in [5.41, 5.74) is 0. The smallest absolute Gasteiger partial charge is 0.133 e. The third-order valence-corrected chi connectivity index (χ3v) is 2.81. The van der Waals surface area contributed by atoms with Gasteiger partial charge in [0.05, 0.1) is 6.10 Å². The minimum absolute atomic E-state index is 0.0857. The Morgan fingerprint density at radius 3 is 2.10 bits per heavy atom. The number of aliphatic hydroxyl groups excluding tert-OH is 1. The Labute approximate surface area is 121 Å². The summed E-state index contributed by atoms with van der Waals surface area (Å²) in [5, 5.41) is 9.40. The molecule has 112 valence electrons. The molecular weight excluding hydrogens is 278 g/mol. The second-order valence-corrected chi connectivity index (χ2v) is 4.55. The molecule has 0 fully saturated rings. The molecule has 1 unspecified atom stereocenters. The van der Waals surface area contributed by atoms with Crippen LogP contribution in [0.4, 0.5) is 8.78 Å². The molecule has 0 aliphatic heterocycles. The van der Waals surface area contributed by atoms with Gasteiger partial charge in [-0.2, -0.15) is 0 Å². The lowest BCUT2D eigenvalue weighted by molar-refractivity contribution is 0.104. The average molecular weight is 294 g/mol. The Morgan fingerprint density at radius 2 is 1.52 bits per heavy atom. The lowest BCUT2D eigenvalue weighted by Crippen LogP contribution is -2.15. The molecule has 2 rings (SSSR count). The number of hydrogen-bond acceptors (Lipinski definition) is 3. The van der Waals surface area contributed by atoms with Gasteiger partial charge in [-0.1, -0.05) is 6.92 Å². The third-order valence-electron chi connectivity index (χ3n) is 2.81. The van der Waals surface area contributed by atoms with E-state index < -0.39 is 17.7 Å². The van der Waals surface area contributed by atoms with Crippen molar-refractivity contribution in [3.8, 4) is 17.2 Å². The molecule has 1 N–H and O–H groups in total. The van der Waals surface area contributed by atoms with Crippen molar-refractivity contribution in [3.05, 3.63) is 54.1 Å². The van der Waals surface area contributed by atoms with Gasteiger partial charge in [0, 0.05) is 18.2 Å². The molecule has 3 nitrogen and oxygen atoms in total. The topological polar surface area (TPSA) is 38.7 Å². The SMILES string of the molecule is CCC(O)COc1ccc(Oc2cc(F)cc(F)c2)cc1. The van der Waals surface area contributed by atoms with Crippen LogP contribution < -0.4 is 9.47 Å². The summed E-state index contributed by atoms with van der Waals surface area (Å²) in [7, 11) is 0. The van der Waals surface area contributed by atoms with E-state index in [0.29, 0.717) is 17.9 Å². The highest BCUT2D eigenvalue weighted by Gasteiger charge is 2.05. The molecule has 0 heterocycles. The van der Waals surface area contributed by atoms with Crippen LogP contribution in [0.1, 0.15) is 13.3 Å². The minimum Gasteiger partial charge on any atom is -0.491 e. The molecule has 2 aromatic carbocycles. The van der Waals surface area contributed by atoms with E-state index in [1.807, 2.05) is 6.92 Å². The standard InChI is InChI=1S/C16H16F2O3/c1-2-13(19)10-20-14-3-5-15(6-4-14)21-16-8-11(17)7-12(18)9-16/h3-9,13,19H,2,10H2,1H3. The van der Waals surface area contributed by atoms with Crippen LogP contribution in [0, 0.1) is 11.6 Å². The Balaban J connectivity index is 1.98. The number of rotatable bonds is 6. The van der Waals surface area contributed by atoms with Gasteiger partial charge in [-0.3, -0.25) is 0 Å². The molecule has 0 aliphatic rings. The fraction of sp³-hybridized carbons (Fsp3) is 0.250. The highest BCUT2D eigenvalue weighted by Crippen LogP contribution is 2.25. The first kappa shape index (κ1) is 15.3. The summed E-state index contributed by atoms with van der Waals surface area (Å²) in [6.07, 6.45) is 0.114. The lowest BCUT2D eigenvalue weighted by Gasteiger charge is -2.11. The van der Waals surface area contributed by atoms with E-state index in [2.05, 4.69) is 0 Å². The van der Waals surface area contributed by atoms with E-state index in [1.165, 1.54) is 0 Å². The van der Waals surface area contributed by atoms with Crippen LogP contribution in [0.5, 0.6) is 17.2 Å². The van der Waals surface area contributed by atoms with Gasteiger partial charge < -0.3 is 14.6 Å². The molecule has 1 atom stereocenters. The molecule has 0 saturated carbocycles. The molecule has 0 aliphatic carbocycles. The third kappa shape index (κ3) is 4.72. The highest BCUT2D eigenvalue weighted by atomic mass is 19.1. The largest absolute Gasteiger partial charge is 0.491 e. The van der Waals surface area contributed by atoms with Crippen LogP contribution in [-0.2, 0) is 0 Å². The number of benzene rings is 2. The number of hydrogen-bond donors (Lipinski definition) is 1. The first-order valence-corrected chi connectivity index (χ1v) is 6.61. The zero-order valence-electron chi connectivity index (χ0n) is 11.6. The van der Waals surface area contributed by atoms with Gasteiger partial charge in [0.1, 0.15) is 35.5 Å². The zero-order valence-corrected chi connectivity index (χ0v) is 11.6. The second kappa shape index (κ2) is 7.04. The fourth-order valence-electron chi connectivity index (χ4n) is 1.64. The molecular formula is C16H16F2O3. The maximum Gasteiger partial charge on any atom is 0.133 e. The van der Waals surface area contributed by atoms with Gasteiger partial charge in [0.2, 0.25) is 0 Å². The predicted molar refractivity (Wildman–Crippen MR) is 74.7 cm³/mol. The average Bonchev–Trinajstić information content (AvgIpc) is 2.45. The highest BCUT2D eigenvalue weighted by molar-refractivity contribution is 5.35. The van der Waals surface area contributed by atoms with Crippen molar-refractivity contribution in [1.29, 1.82) is 0 Å². The first-order chi connectivity index (χ1) is 10.1. The Morgan fingerprint density at radius 1 is 0.952 bits per heavy atom. The van der Waals surface area contributed by atoms with Crippen molar-refractivity contribution in [2.24, 2.45) is 0 Å². The molecule has 0 saturated heterocycles. The Bertz CT molecular complexity index is 564. The quantitative estimate of drug-likeness (QED) is 0.878. The van der Waals surface area contributed by atoms with Crippen LogP contribution in [0.3, 0.4) is 0 Å². The van der Waals surface area contributed by atoms with E-state index >= 15 is 0 Å². The molecule has 5 heteroatoms. The van der Waals surface area contributed by atoms with Crippen LogP contribution in [0.2, 0.25) is 0 Å². The van der Waals surface area contributed by atoms with Crippen molar-refractivity contribution in [3.63, 3.8) is 0 Å². The van der Waals surface area contributed by atoms with Crippen LogP contribution in [0.25, 0.3) is 0 Å². The van der Waals surface area contributed by atoms with Crippen LogP contribution in [0.15, 0.2) is 42.5 Å². The number of ether oxygens (including phenoxy) is 2. The zero-order chi connectivity index (χ0) is 15.2. The van der Waals surface area contributed by atoms with Gasteiger partial charge in [0.15, 0.2) is 0 Å². The molecule has 2 aromatic rings. The normalized spacial score (nSPS) is 12.0. The van der Waals surface area contributed by atoms with Gasteiger partial charge >= 0.3 is 0 Å².